The van der Waals surface area contributed by atoms with Crippen LogP contribution < -0.4 is 21.3 Å². The highest BCUT2D eigenvalue weighted by Gasteiger charge is 2.29. The number of hydrogen-bond acceptors (Lipinski definition) is 6. The monoisotopic (exact) mass is 387 g/mol. The molecule has 1 aromatic rings. The van der Waals surface area contributed by atoms with Crippen molar-refractivity contribution in [3.8, 4) is 0 Å². The van der Waals surface area contributed by atoms with Crippen LogP contribution in [0.3, 0.4) is 0 Å². The van der Waals surface area contributed by atoms with Crippen molar-refractivity contribution in [3.05, 3.63) is 23.4 Å². The van der Waals surface area contributed by atoms with Crippen molar-refractivity contribution < 1.29 is 5.11 Å². The van der Waals surface area contributed by atoms with Gasteiger partial charge in [0.25, 0.3) is 0 Å². The molecular weight excluding hydrogens is 350 g/mol. The van der Waals surface area contributed by atoms with E-state index in [1.54, 1.807) is 0 Å². The minimum Gasteiger partial charge on any atom is -0.374 e. The quantitative estimate of drug-likeness (QED) is 0.538. The Hall–Kier alpha value is -1.21. The predicted octanol–water partition coefficient (Wildman–Crippen LogP) is 2.74. The van der Waals surface area contributed by atoms with E-state index in [1.807, 2.05) is 13.1 Å². The highest BCUT2D eigenvalue weighted by Crippen LogP contribution is 2.41. The summed E-state index contributed by atoms with van der Waals surface area (Å²) in [5.41, 5.74) is 7.99. The lowest BCUT2D eigenvalue weighted by atomic mass is 9.93. The molecule has 3 fully saturated rings. The minimum absolute atomic E-state index is 0.266. The van der Waals surface area contributed by atoms with Crippen molar-refractivity contribution in [2.24, 2.45) is 5.73 Å². The van der Waals surface area contributed by atoms with Gasteiger partial charge in [-0.15, -0.1) is 0 Å². The van der Waals surface area contributed by atoms with E-state index in [2.05, 4.69) is 21.6 Å². The molecule has 1 aliphatic heterocycles. The van der Waals surface area contributed by atoms with Crippen LogP contribution in [-0.2, 0) is 0 Å². The number of aliphatic hydroxyl groups is 1. The summed E-state index contributed by atoms with van der Waals surface area (Å²) in [5.74, 6) is 1.54. The minimum atomic E-state index is -0.778. The standard InChI is InChI=1S/C22H37N5O/c1-15(23)25-22(28)20-13-17(16-7-8-16)14-24-21(20)27-11-9-19(10-12-27)26-18-5-3-2-4-6-18/h13-16,18-19,22,25-26,28H,2-12,23H2,1H3. The number of aliphatic hydroxyl groups excluding tert-OH is 1. The van der Waals surface area contributed by atoms with Crippen LogP contribution in [-0.4, -0.2) is 41.4 Å². The van der Waals surface area contributed by atoms with Gasteiger partial charge in [-0.05, 0) is 63.0 Å². The average Bonchev–Trinajstić information content (AvgIpc) is 3.54. The van der Waals surface area contributed by atoms with Gasteiger partial charge in [-0.2, -0.15) is 0 Å². The van der Waals surface area contributed by atoms with Gasteiger partial charge in [-0.25, -0.2) is 4.98 Å². The van der Waals surface area contributed by atoms with E-state index in [1.165, 1.54) is 50.5 Å². The Balaban J connectivity index is 1.41. The number of rotatable bonds is 7. The first-order valence-electron chi connectivity index (χ1n) is 11.3. The van der Waals surface area contributed by atoms with Crippen molar-refractivity contribution in [1.29, 1.82) is 0 Å². The first-order chi connectivity index (χ1) is 13.6. The lowest BCUT2D eigenvalue weighted by Crippen LogP contribution is -2.47. The zero-order valence-electron chi connectivity index (χ0n) is 17.2. The Bertz CT molecular complexity index is 634. The number of anilines is 1. The lowest BCUT2D eigenvalue weighted by molar-refractivity contribution is 0.127. The van der Waals surface area contributed by atoms with Gasteiger partial charge in [-0.1, -0.05) is 19.3 Å². The maximum Gasteiger partial charge on any atom is 0.135 e. The van der Waals surface area contributed by atoms with E-state index in [0.29, 0.717) is 18.0 Å². The number of nitrogens with one attached hydrogen (secondary N) is 2. The van der Waals surface area contributed by atoms with Crippen LogP contribution >= 0.6 is 0 Å². The molecular formula is C22H37N5O. The average molecular weight is 388 g/mol. The fourth-order valence-corrected chi connectivity index (χ4v) is 4.80. The van der Waals surface area contributed by atoms with Gasteiger partial charge < -0.3 is 21.1 Å². The van der Waals surface area contributed by atoms with Crippen LogP contribution in [0.5, 0.6) is 0 Å². The Labute approximate surface area is 169 Å². The van der Waals surface area contributed by atoms with Gasteiger partial charge in [-0.3, -0.25) is 5.32 Å². The largest absolute Gasteiger partial charge is 0.374 e. The van der Waals surface area contributed by atoms with Gasteiger partial charge in [0.1, 0.15) is 12.0 Å². The van der Waals surface area contributed by atoms with E-state index >= 15 is 0 Å². The zero-order chi connectivity index (χ0) is 19.5. The number of pyridine rings is 1. The molecule has 2 atom stereocenters. The van der Waals surface area contributed by atoms with E-state index in [9.17, 15) is 5.11 Å². The van der Waals surface area contributed by atoms with Gasteiger partial charge in [0.15, 0.2) is 0 Å². The van der Waals surface area contributed by atoms with Crippen molar-refractivity contribution in [3.63, 3.8) is 0 Å². The predicted molar refractivity (Wildman–Crippen MR) is 113 cm³/mol. The SMILES string of the molecule is CC(N)NC(O)c1cc(C2CC2)cnc1N1CCC(NC2CCCCC2)CC1. The van der Waals surface area contributed by atoms with E-state index in [-0.39, 0.29) is 6.17 Å². The summed E-state index contributed by atoms with van der Waals surface area (Å²) < 4.78 is 0. The topological polar surface area (TPSA) is 86.4 Å². The summed E-state index contributed by atoms with van der Waals surface area (Å²) in [6.07, 6.45) is 12.5. The lowest BCUT2D eigenvalue weighted by Gasteiger charge is -2.37. The number of nitrogens with zero attached hydrogens (tertiary/aromatic N) is 2. The second-order valence-corrected chi connectivity index (χ2v) is 9.08. The molecule has 2 unspecified atom stereocenters. The van der Waals surface area contributed by atoms with Crippen LogP contribution in [0.15, 0.2) is 12.3 Å². The molecule has 3 aliphatic rings. The molecule has 0 spiro atoms. The number of hydrogen-bond donors (Lipinski definition) is 4. The fourth-order valence-electron chi connectivity index (χ4n) is 4.80. The van der Waals surface area contributed by atoms with E-state index < -0.39 is 6.23 Å². The molecule has 6 nitrogen and oxygen atoms in total. The van der Waals surface area contributed by atoms with Crippen LogP contribution in [0.4, 0.5) is 5.82 Å². The summed E-state index contributed by atoms with van der Waals surface area (Å²) in [7, 11) is 0. The van der Waals surface area contributed by atoms with Crippen LogP contribution in [0.25, 0.3) is 0 Å². The normalized spacial score (nSPS) is 24.3. The Kier molecular flexibility index (Phi) is 6.51. The second-order valence-electron chi connectivity index (χ2n) is 9.08. The van der Waals surface area contributed by atoms with Crippen molar-refractivity contribution in [1.82, 2.24) is 15.6 Å². The fraction of sp³-hybridized carbons (Fsp3) is 0.773. The smallest absolute Gasteiger partial charge is 0.135 e. The molecule has 5 N–H and O–H groups in total. The molecule has 28 heavy (non-hydrogen) atoms. The van der Waals surface area contributed by atoms with Gasteiger partial charge in [0.05, 0.1) is 6.17 Å². The molecule has 0 amide bonds. The third-order valence-electron chi connectivity index (χ3n) is 6.55. The first kappa shape index (κ1) is 20.1. The summed E-state index contributed by atoms with van der Waals surface area (Å²) in [6.45, 7) is 3.82. The van der Waals surface area contributed by atoms with Crippen LogP contribution in [0.2, 0.25) is 0 Å². The van der Waals surface area contributed by atoms with Gasteiger partial charge in [0.2, 0.25) is 0 Å². The first-order valence-corrected chi connectivity index (χ1v) is 11.3. The Morgan fingerprint density at radius 2 is 1.75 bits per heavy atom. The molecule has 1 saturated heterocycles. The zero-order valence-corrected chi connectivity index (χ0v) is 17.2. The molecule has 0 radical (unpaired) electrons. The van der Waals surface area contributed by atoms with Crippen LogP contribution in [0.1, 0.15) is 88.0 Å². The van der Waals surface area contributed by atoms with Crippen molar-refractivity contribution >= 4 is 5.82 Å². The van der Waals surface area contributed by atoms with Gasteiger partial charge >= 0.3 is 0 Å². The molecule has 0 aromatic carbocycles. The summed E-state index contributed by atoms with van der Waals surface area (Å²) >= 11 is 0. The highest BCUT2D eigenvalue weighted by molar-refractivity contribution is 5.50. The molecule has 156 valence electrons. The van der Waals surface area contributed by atoms with Crippen LogP contribution in [0, 0.1) is 0 Å². The van der Waals surface area contributed by atoms with Gasteiger partial charge in [0, 0.05) is 36.9 Å². The second kappa shape index (κ2) is 9.08. The molecule has 6 heteroatoms. The number of aromatic nitrogens is 1. The molecule has 2 heterocycles. The Morgan fingerprint density at radius 3 is 2.39 bits per heavy atom. The van der Waals surface area contributed by atoms with Crippen molar-refractivity contribution in [2.75, 3.05) is 18.0 Å². The van der Waals surface area contributed by atoms with E-state index in [0.717, 1.165) is 37.3 Å². The maximum absolute atomic E-state index is 10.7. The Morgan fingerprint density at radius 1 is 1.07 bits per heavy atom. The third-order valence-corrected chi connectivity index (χ3v) is 6.55. The number of piperidine rings is 1. The third kappa shape index (κ3) is 5.03. The molecule has 1 aromatic heterocycles. The summed E-state index contributed by atoms with van der Waals surface area (Å²) in [6, 6.07) is 3.47. The molecule has 2 saturated carbocycles. The molecule has 0 bridgehead atoms. The molecule has 4 rings (SSSR count). The molecule has 2 aliphatic carbocycles. The maximum atomic E-state index is 10.7. The summed E-state index contributed by atoms with van der Waals surface area (Å²) in [5, 5.41) is 17.7. The highest BCUT2D eigenvalue weighted by atomic mass is 16.3. The van der Waals surface area contributed by atoms with Crippen molar-refractivity contribution in [2.45, 2.75) is 95.1 Å². The van der Waals surface area contributed by atoms with E-state index in [4.69, 9.17) is 10.7 Å². The summed E-state index contributed by atoms with van der Waals surface area (Å²) in [4.78, 5) is 7.14. The number of nitrogens with two attached hydrogens (primary N) is 1.